The minimum absolute atomic E-state index is 0.0223. The predicted octanol–water partition coefficient (Wildman–Crippen LogP) is 6.03. The van der Waals surface area contributed by atoms with Gasteiger partial charge in [0.25, 0.3) is 0 Å². The van der Waals surface area contributed by atoms with Gasteiger partial charge in [0, 0.05) is 29.3 Å². The molecule has 2 atom stereocenters. The van der Waals surface area contributed by atoms with Gasteiger partial charge in [-0.2, -0.15) is 0 Å². The maximum absolute atomic E-state index is 13.8. The van der Waals surface area contributed by atoms with E-state index in [1.807, 2.05) is 32.0 Å². The van der Waals surface area contributed by atoms with Crippen LogP contribution < -0.4 is 10.1 Å². The largest absolute Gasteiger partial charge is 0.504 e. The molecular formula is C31H35NO5. The smallest absolute Gasteiger partial charge is 0.337 e. The van der Waals surface area contributed by atoms with E-state index in [2.05, 4.69) is 17.4 Å². The molecule has 1 fully saturated rings. The van der Waals surface area contributed by atoms with Crippen LogP contribution >= 0.6 is 0 Å². The maximum Gasteiger partial charge on any atom is 0.337 e. The van der Waals surface area contributed by atoms with Gasteiger partial charge in [0.1, 0.15) is 6.10 Å². The molecule has 2 aromatic carbocycles. The molecule has 2 aliphatic carbocycles. The van der Waals surface area contributed by atoms with E-state index in [1.54, 1.807) is 18.2 Å². The van der Waals surface area contributed by atoms with Crippen molar-refractivity contribution >= 4 is 11.8 Å². The average molecular weight is 502 g/mol. The van der Waals surface area contributed by atoms with E-state index in [-0.39, 0.29) is 29.5 Å². The number of aromatic hydroxyl groups is 1. The lowest BCUT2D eigenvalue weighted by atomic mass is 9.71. The average Bonchev–Trinajstić information content (AvgIpc) is 2.90. The summed E-state index contributed by atoms with van der Waals surface area (Å²) in [4.78, 5) is 27.5. The van der Waals surface area contributed by atoms with Crippen LogP contribution in [0.25, 0.3) is 0 Å². The van der Waals surface area contributed by atoms with Gasteiger partial charge in [-0.1, -0.05) is 42.8 Å². The van der Waals surface area contributed by atoms with Gasteiger partial charge in [0.15, 0.2) is 17.3 Å². The van der Waals surface area contributed by atoms with Crippen LogP contribution in [0, 0.1) is 0 Å². The first-order chi connectivity index (χ1) is 18.0. The van der Waals surface area contributed by atoms with Crippen molar-refractivity contribution in [1.29, 1.82) is 0 Å². The van der Waals surface area contributed by atoms with Gasteiger partial charge >= 0.3 is 5.97 Å². The zero-order valence-corrected chi connectivity index (χ0v) is 21.6. The fourth-order valence-corrected chi connectivity index (χ4v) is 5.98. The summed E-state index contributed by atoms with van der Waals surface area (Å²) < 4.78 is 11.7. The van der Waals surface area contributed by atoms with Crippen molar-refractivity contribution in [1.82, 2.24) is 5.32 Å². The molecule has 3 aliphatic rings. The van der Waals surface area contributed by atoms with E-state index in [0.29, 0.717) is 42.0 Å². The first kappa shape index (κ1) is 25.1. The summed E-state index contributed by atoms with van der Waals surface area (Å²) >= 11 is 0. The van der Waals surface area contributed by atoms with Crippen molar-refractivity contribution in [2.45, 2.75) is 76.7 Å². The second-order valence-corrected chi connectivity index (χ2v) is 10.3. The molecule has 0 radical (unpaired) electrons. The Hall–Kier alpha value is -3.54. The topological polar surface area (TPSA) is 84.9 Å². The Kier molecular flexibility index (Phi) is 7.36. The predicted molar refractivity (Wildman–Crippen MR) is 141 cm³/mol. The van der Waals surface area contributed by atoms with Crippen molar-refractivity contribution in [2.75, 3.05) is 6.61 Å². The summed E-state index contributed by atoms with van der Waals surface area (Å²) in [5.41, 5.74) is 4.50. The van der Waals surface area contributed by atoms with Gasteiger partial charge < -0.3 is 19.9 Å². The number of dihydropyridines is 1. The zero-order chi connectivity index (χ0) is 25.9. The summed E-state index contributed by atoms with van der Waals surface area (Å²) in [6, 6.07) is 15.2. The molecule has 2 unspecified atom stereocenters. The molecule has 37 heavy (non-hydrogen) atoms. The van der Waals surface area contributed by atoms with E-state index in [1.165, 1.54) is 6.42 Å². The molecular weight excluding hydrogens is 466 g/mol. The van der Waals surface area contributed by atoms with E-state index < -0.39 is 5.92 Å². The zero-order valence-electron chi connectivity index (χ0n) is 21.6. The van der Waals surface area contributed by atoms with Crippen LogP contribution in [0.1, 0.15) is 81.8 Å². The second-order valence-electron chi connectivity index (χ2n) is 10.3. The maximum atomic E-state index is 13.8. The van der Waals surface area contributed by atoms with E-state index in [9.17, 15) is 14.7 Å². The Balaban J connectivity index is 1.56. The van der Waals surface area contributed by atoms with Gasteiger partial charge in [-0.25, -0.2) is 4.79 Å². The summed E-state index contributed by atoms with van der Waals surface area (Å²) in [6.45, 7) is 4.12. The SMILES string of the molecule is CCOc1cc(C2C(C(=O)OC3CCCCC3)=C(C)NC3=C2C(=O)CC(c2ccccc2)C3)ccc1O. The van der Waals surface area contributed by atoms with Crippen LogP contribution in [0.3, 0.4) is 0 Å². The molecule has 0 aromatic heterocycles. The number of ether oxygens (including phenoxy) is 2. The lowest BCUT2D eigenvalue weighted by Crippen LogP contribution is -2.37. The first-order valence-electron chi connectivity index (χ1n) is 13.4. The Morgan fingerprint density at radius 3 is 2.51 bits per heavy atom. The molecule has 5 rings (SSSR count). The molecule has 6 nitrogen and oxygen atoms in total. The number of hydrogen-bond acceptors (Lipinski definition) is 6. The molecule has 2 N–H and O–H groups in total. The summed E-state index contributed by atoms with van der Waals surface area (Å²) in [5, 5.41) is 13.8. The second kappa shape index (κ2) is 10.8. The Morgan fingerprint density at radius 1 is 1.03 bits per heavy atom. The third-order valence-electron chi connectivity index (χ3n) is 7.76. The van der Waals surface area contributed by atoms with Gasteiger partial charge in [-0.15, -0.1) is 0 Å². The van der Waals surface area contributed by atoms with Crippen LogP contribution in [0.4, 0.5) is 0 Å². The third kappa shape index (κ3) is 5.15. The summed E-state index contributed by atoms with van der Waals surface area (Å²) in [5.74, 6) is -0.505. The highest BCUT2D eigenvalue weighted by Gasteiger charge is 2.42. The molecule has 2 aromatic rings. The highest BCUT2D eigenvalue weighted by atomic mass is 16.5. The number of nitrogens with one attached hydrogen (secondary N) is 1. The monoisotopic (exact) mass is 501 g/mol. The van der Waals surface area contributed by atoms with Gasteiger partial charge in [-0.05, 0) is 75.1 Å². The minimum Gasteiger partial charge on any atom is -0.504 e. The number of carbonyl (C=O) groups excluding carboxylic acids is 2. The van der Waals surface area contributed by atoms with Crippen molar-refractivity contribution in [2.24, 2.45) is 0 Å². The molecule has 1 aliphatic heterocycles. The number of carbonyl (C=O) groups is 2. The van der Waals surface area contributed by atoms with E-state index >= 15 is 0 Å². The highest BCUT2D eigenvalue weighted by molar-refractivity contribution is 6.04. The first-order valence-corrected chi connectivity index (χ1v) is 13.4. The number of benzene rings is 2. The van der Waals surface area contributed by atoms with Crippen LogP contribution in [-0.2, 0) is 14.3 Å². The molecule has 194 valence electrons. The quantitative estimate of drug-likeness (QED) is 0.470. The van der Waals surface area contributed by atoms with Crippen LogP contribution in [0.15, 0.2) is 71.1 Å². The lowest BCUT2D eigenvalue weighted by molar-refractivity contribution is -0.146. The fraction of sp³-hybridized carbons (Fsp3) is 0.419. The number of rotatable bonds is 6. The fourth-order valence-electron chi connectivity index (χ4n) is 5.98. The van der Waals surface area contributed by atoms with E-state index in [0.717, 1.165) is 42.5 Å². The third-order valence-corrected chi connectivity index (χ3v) is 7.76. The van der Waals surface area contributed by atoms with Crippen LogP contribution in [-0.4, -0.2) is 29.6 Å². The Morgan fingerprint density at radius 2 is 1.78 bits per heavy atom. The van der Waals surface area contributed by atoms with Gasteiger partial charge in [0.2, 0.25) is 0 Å². The number of phenolic OH excluding ortho intramolecular Hbond substituents is 1. The molecule has 0 saturated heterocycles. The standard InChI is InChI=1S/C31H35NO5/c1-3-36-27-18-21(14-15-25(27)33)29-28(31(35)37-23-12-8-5-9-13-23)19(2)32-24-16-22(17-26(34)30(24)29)20-10-6-4-7-11-20/h4,6-7,10-11,14-15,18,22-23,29,32-33H,3,5,8-9,12-13,16-17H2,1-2H3. The van der Waals surface area contributed by atoms with Crippen LogP contribution in [0.2, 0.25) is 0 Å². The normalized spacial score (nSPS) is 22.4. The molecule has 0 amide bonds. The van der Waals surface area contributed by atoms with Crippen molar-refractivity contribution in [3.63, 3.8) is 0 Å². The molecule has 1 saturated carbocycles. The lowest BCUT2D eigenvalue weighted by Gasteiger charge is -2.37. The van der Waals surface area contributed by atoms with Gasteiger partial charge in [-0.3, -0.25) is 4.79 Å². The molecule has 0 spiro atoms. The number of esters is 1. The van der Waals surface area contributed by atoms with Gasteiger partial charge in [0.05, 0.1) is 12.2 Å². The Bertz CT molecular complexity index is 1240. The molecule has 0 bridgehead atoms. The van der Waals surface area contributed by atoms with Crippen molar-refractivity contribution in [3.05, 3.63) is 82.2 Å². The number of Topliss-reactive ketones (excluding diaryl/α,β-unsaturated/α-hetero) is 1. The minimum atomic E-state index is -0.587. The summed E-state index contributed by atoms with van der Waals surface area (Å²) in [7, 11) is 0. The number of ketones is 1. The number of phenols is 1. The Labute approximate surface area is 218 Å². The highest BCUT2D eigenvalue weighted by Crippen LogP contribution is 2.47. The number of allylic oxidation sites excluding steroid dienone is 3. The van der Waals surface area contributed by atoms with Crippen molar-refractivity contribution in [3.8, 4) is 11.5 Å². The van der Waals surface area contributed by atoms with E-state index in [4.69, 9.17) is 9.47 Å². The summed E-state index contributed by atoms with van der Waals surface area (Å²) in [6.07, 6.45) is 5.98. The molecule has 1 heterocycles. The van der Waals surface area contributed by atoms with Crippen LogP contribution in [0.5, 0.6) is 11.5 Å². The van der Waals surface area contributed by atoms with Crippen molar-refractivity contribution < 1.29 is 24.2 Å². The number of hydrogen-bond donors (Lipinski definition) is 2. The molecule has 6 heteroatoms.